The van der Waals surface area contributed by atoms with Crippen LogP contribution < -0.4 is 10.0 Å². The van der Waals surface area contributed by atoms with Crippen molar-refractivity contribution in [3.05, 3.63) is 59.2 Å². The zero-order valence-electron chi connectivity index (χ0n) is 15.9. The largest absolute Gasteiger partial charge is 0.492 e. The molecular formula is C19H21ClF5N3OS. The highest BCUT2D eigenvalue weighted by Gasteiger charge is 2.44. The second-order valence-corrected chi connectivity index (χ2v) is 8.89. The molecule has 1 fully saturated rings. The van der Waals surface area contributed by atoms with E-state index in [1.807, 2.05) is 4.72 Å². The number of halogens is 6. The molecule has 0 bridgehead atoms. The summed E-state index contributed by atoms with van der Waals surface area (Å²) in [5.41, 5.74) is -3.78. The quantitative estimate of drug-likeness (QED) is 0.555. The molecule has 1 saturated heterocycles. The summed E-state index contributed by atoms with van der Waals surface area (Å²) in [7, 11) is -5.00. The van der Waals surface area contributed by atoms with E-state index in [0.29, 0.717) is 17.7 Å². The first-order valence-corrected chi connectivity index (χ1v) is 10.4. The van der Waals surface area contributed by atoms with Gasteiger partial charge in [-0.05, 0) is 55.1 Å². The van der Waals surface area contributed by atoms with Gasteiger partial charge < -0.3 is 5.32 Å². The highest BCUT2D eigenvalue weighted by Crippen LogP contribution is 2.29. The Kier molecular flexibility index (Phi) is 7.49. The summed E-state index contributed by atoms with van der Waals surface area (Å²) in [5.74, 6) is -1.09. The first kappa shape index (κ1) is 24.5. The number of aryl methyl sites for hydroxylation is 1. The van der Waals surface area contributed by atoms with E-state index in [1.54, 1.807) is 19.1 Å². The summed E-state index contributed by atoms with van der Waals surface area (Å²) in [6, 6.07) is 7.24. The molecule has 2 aromatic rings. The maximum atomic E-state index is 15.1. The van der Waals surface area contributed by atoms with Crippen LogP contribution in [0.2, 0.25) is 0 Å². The molecule has 2 aromatic carbocycles. The number of rotatable bonds is 5. The first-order valence-electron chi connectivity index (χ1n) is 8.88. The fourth-order valence-corrected chi connectivity index (χ4v) is 4.33. The second-order valence-electron chi connectivity index (χ2n) is 7.08. The summed E-state index contributed by atoms with van der Waals surface area (Å²) >= 11 is 0. The minimum atomic E-state index is -5.19. The van der Waals surface area contributed by atoms with E-state index < -0.39 is 39.1 Å². The molecule has 1 aliphatic heterocycles. The van der Waals surface area contributed by atoms with Crippen LogP contribution >= 0.6 is 12.4 Å². The van der Waals surface area contributed by atoms with E-state index >= 15 is 4.39 Å². The van der Waals surface area contributed by atoms with Gasteiger partial charge in [-0.3, -0.25) is 0 Å². The van der Waals surface area contributed by atoms with Crippen LogP contribution in [-0.4, -0.2) is 28.3 Å². The third kappa shape index (κ3) is 5.29. The molecule has 4 nitrogen and oxygen atoms in total. The fourth-order valence-electron chi connectivity index (χ4n) is 3.49. The van der Waals surface area contributed by atoms with Crippen molar-refractivity contribution < 1.29 is 26.2 Å². The number of hydrogen-bond acceptors (Lipinski definition) is 3. The summed E-state index contributed by atoms with van der Waals surface area (Å²) < 4.78 is 87.7. The molecule has 0 spiro atoms. The molecule has 0 aliphatic carbocycles. The van der Waals surface area contributed by atoms with Crippen molar-refractivity contribution in [3.63, 3.8) is 0 Å². The average Bonchev–Trinajstić information content (AvgIpc) is 3.01. The molecule has 11 heteroatoms. The lowest BCUT2D eigenvalue weighted by Crippen LogP contribution is -2.48. The van der Waals surface area contributed by atoms with Crippen LogP contribution in [0.4, 0.5) is 22.0 Å². The zero-order valence-corrected chi connectivity index (χ0v) is 17.5. The van der Waals surface area contributed by atoms with E-state index in [-0.39, 0.29) is 36.4 Å². The summed E-state index contributed by atoms with van der Waals surface area (Å²) in [6.45, 7) is 2.03. The van der Waals surface area contributed by atoms with Crippen LogP contribution in [0.3, 0.4) is 0 Å². The smallest absolute Gasteiger partial charge is 0.312 e. The molecule has 1 unspecified atom stereocenters. The van der Waals surface area contributed by atoms with E-state index in [1.165, 1.54) is 24.3 Å². The molecule has 1 heterocycles. The zero-order chi connectivity index (χ0) is 21.4. The van der Waals surface area contributed by atoms with Crippen molar-refractivity contribution in [2.45, 2.75) is 37.4 Å². The van der Waals surface area contributed by atoms with Gasteiger partial charge in [-0.2, -0.15) is 13.2 Å². The number of benzene rings is 2. The third-order valence-corrected chi connectivity index (χ3v) is 6.15. The van der Waals surface area contributed by atoms with Gasteiger partial charge >= 0.3 is 5.51 Å². The van der Waals surface area contributed by atoms with Crippen molar-refractivity contribution in [2.75, 3.05) is 6.54 Å². The molecule has 0 amide bonds. The lowest BCUT2D eigenvalue weighted by molar-refractivity contribution is -0.0420. The topological polar surface area (TPSA) is 65.0 Å². The standard InChI is InChI=1S/C19H20F5N3OS.ClH/c1-11-7-13(9-14(20)8-11)15-4-2-3-12(18(15)21)10-17-16(5-6-26-17)27-29(25,28)19(22,23)24;/h2-4,7-9,16-17,26H,5-6,10H2,1H3,(H2,25,27,28);1H/t16-,17-,29?;/m0./s1. The van der Waals surface area contributed by atoms with Gasteiger partial charge in [-0.1, -0.05) is 24.3 Å². The summed E-state index contributed by atoms with van der Waals surface area (Å²) in [6.07, 6.45) is 0.250. The fraction of sp³-hybridized carbons (Fsp3) is 0.368. The number of nitrogens with one attached hydrogen (secondary N) is 3. The van der Waals surface area contributed by atoms with Crippen LogP contribution in [0, 0.1) is 23.3 Å². The molecule has 1 aliphatic rings. The van der Waals surface area contributed by atoms with Crippen molar-refractivity contribution in [1.29, 1.82) is 4.78 Å². The molecular weight excluding hydrogens is 449 g/mol. The predicted molar refractivity (Wildman–Crippen MR) is 108 cm³/mol. The summed E-state index contributed by atoms with van der Waals surface area (Å²) in [4.78, 5) is 0. The van der Waals surface area contributed by atoms with Gasteiger partial charge in [0.25, 0.3) is 0 Å². The molecule has 0 aromatic heterocycles. The first-order chi connectivity index (χ1) is 13.5. The Balaban J connectivity index is 0.00000320. The Hall–Kier alpha value is -1.75. The summed E-state index contributed by atoms with van der Waals surface area (Å²) in [5, 5.41) is 2.97. The van der Waals surface area contributed by atoms with Crippen molar-refractivity contribution in [2.24, 2.45) is 0 Å². The lowest BCUT2D eigenvalue weighted by Gasteiger charge is -2.23. The molecule has 3 rings (SSSR count). The molecule has 166 valence electrons. The van der Waals surface area contributed by atoms with Crippen molar-refractivity contribution in [3.8, 4) is 11.1 Å². The molecule has 30 heavy (non-hydrogen) atoms. The third-order valence-electron chi connectivity index (χ3n) is 4.86. The van der Waals surface area contributed by atoms with Crippen LogP contribution in [0.15, 0.2) is 36.4 Å². The highest BCUT2D eigenvalue weighted by atomic mass is 35.5. The van der Waals surface area contributed by atoms with Gasteiger partial charge in [0, 0.05) is 17.6 Å². The Labute approximate surface area is 177 Å². The highest BCUT2D eigenvalue weighted by molar-refractivity contribution is 7.91. The SMILES string of the molecule is Cc1cc(F)cc(-c2cccc(C[C@@H]3NCC[C@@H]3NS(=N)(=O)C(F)(F)F)c2F)c1.Cl. The lowest BCUT2D eigenvalue weighted by atomic mass is 9.96. The number of alkyl halides is 3. The van der Waals surface area contributed by atoms with E-state index in [9.17, 15) is 21.8 Å². The normalized spacial score (nSPS) is 21.1. The second kappa shape index (κ2) is 9.17. The van der Waals surface area contributed by atoms with Crippen LogP contribution in [0.5, 0.6) is 0 Å². The minimum absolute atomic E-state index is 0. The van der Waals surface area contributed by atoms with Gasteiger partial charge in [0.2, 0.25) is 9.92 Å². The van der Waals surface area contributed by atoms with Gasteiger partial charge in [-0.25, -0.2) is 22.5 Å². The predicted octanol–water partition coefficient (Wildman–Crippen LogP) is 4.71. The molecule has 0 saturated carbocycles. The van der Waals surface area contributed by atoms with Gasteiger partial charge in [-0.15, -0.1) is 12.4 Å². The molecule has 3 N–H and O–H groups in total. The van der Waals surface area contributed by atoms with Crippen LogP contribution in [-0.2, 0) is 16.3 Å². The van der Waals surface area contributed by atoms with Gasteiger partial charge in [0.1, 0.15) is 11.6 Å². The van der Waals surface area contributed by atoms with Crippen molar-refractivity contribution in [1.82, 2.24) is 10.0 Å². The Morgan fingerprint density at radius 1 is 1.23 bits per heavy atom. The van der Waals surface area contributed by atoms with E-state index in [0.717, 1.165) is 0 Å². The Morgan fingerprint density at radius 2 is 1.93 bits per heavy atom. The maximum Gasteiger partial charge on any atom is 0.492 e. The van der Waals surface area contributed by atoms with Crippen molar-refractivity contribution >= 4 is 22.3 Å². The van der Waals surface area contributed by atoms with Crippen LogP contribution in [0.25, 0.3) is 11.1 Å². The average molecular weight is 470 g/mol. The van der Waals surface area contributed by atoms with Gasteiger partial charge in [0.15, 0.2) is 0 Å². The van der Waals surface area contributed by atoms with E-state index in [2.05, 4.69) is 5.32 Å². The minimum Gasteiger partial charge on any atom is -0.312 e. The molecule has 3 atom stereocenters. The van der Waals surface area contributed by atoms with E-state index in [4.69, 9.17) is 4.78 Å². The van der Waals surface area contributed by atoms with Crippen LogP contribution in [0.1, 0.15) is 17.5 Å². The monoisotopic (exact) mass is 469 g/mol. The Morgan fingerprint density at radius 3 is 2.57 bits per heavy atom. The Bertz CT molecular complexity index is 993. The number of hydrogen-bond donors (Lipinski definition) is 3. The maximum absolute atomic E-state index is 15.1. The molecule has 0 radical (unpaired) electrons. The van der Waals surface area contributed by atoms with Gasteiger partial charge in [0.05, 0.1) is 0 Å².